The van der Waals surface area contributed by atoms with Crippen molar-refractivity contribution < 1.29 is 4.42 Å². The summed E-state index contributed by atoms with van der Waals surface area (Å²) in [6.07, 6.45) is 0. The molecule has 7 aromatic carbocycles. The molecule has 1 heterocycles. The minimum absolute atomic E-state index is 0.0710. The highest BCUT2D eigenvalue weighted by molar-refractivity contribution is 6.17. The summed E-state index contributed by atoms with van der Waals surface area (Å²) in [4.78, 5) is 2.45. The van der Waals surface area contributed by atoms with Crippen LogP contribution in [0.5, 0.6) is 0 Å². The van der Waals surface area contributed by atoms with Gasteiger partial charge in [0.1, 0.15) is 5.58 Å². The van der Waals surface area contributed by atoms with Gasteiger partial charge in [-0.1, -0.05) is 172 Å². The number of hydrogen-bond donors (Lipinski definition) is 0. The van der Waals surface area contributed by atoms with Gasteiger partial charge in [0, 0.05) is 33.0 Å². The molecular weight excluding hydrogens is 703 g/mol. The molecule has 0 radical (unpaired) electrons. The van der Waals surface area contributed by atoms with Gasteiger partial charge in [-0.25, -0.2) is 0 Å². The lowest BCUT2D eigenvalue weighted by atomic mass is 9.79. The first-order valence-corrected chi connectivity index (χ1v) is 20.9. The Balaban J connectivity index is 1.21. The summed E-state index contributed by atoms with van der Waals surface area (Å²) in [5, 5.41) is 2.26. The lowest BCUT2D eigenvalue weighted by Gasteiger charge is -2.30. The van der Waals surface area contributed by atoms with Gasteiger partial charge >= 0.3 is 0 Å². The van der Waals surface area contributed by atoms with Gasteiger partial charge in [-0.2, -0.15) is 0 Å². The molecule has 0 saturated carbocycles. The van der Waals surface area contributed by atoms with Gasteiger partial charge in [0.15, 0.2) is 5.58 Å². The predicted molar refractivity (Wildman–Crippen MR) is 246 cm³/mol. The summed E-state index contributed by atoms with van der Waals surface area (Å²) in [7, 11) is 0. The van der Waals surface area contributed by atoms with E-state index in [1.54, 1.807) is 0 Å². The fraction of sp³-hybridized carbons (Fsp3) is 0.250. The van der Waals surface area contributed by atoms with Crippen molar-refractivity contribution >= 4 is 39.0 Å². The third-order valence-corrected chi connectivity index (χ3v) is 13.4. The highest BCUT2D eigenvalue weighted by Gasteiger charge is 2.39. The maximum Gasteiger partial charge on any atom is 0.160 e. The Labute approximate surface area is 344 Å². The molecule has 2 nitrogen and oxygen atoms in total. The molecule has 0 aliphatic heterocycles. The van der Waals surface area contributed by atoms with Gasteiger partial charge in [0.2, 0.25) is 0 Å². The second kappa shape index (κ2) is 12.3. The number of furan rings is 1. The zero-order chi connectivity index (χ0) is 40.5. The summed E-state index contributed by atoms with van der Waals surface area (Å²) in [5.41, 5.74) is 20.7. The molecule has 2 aliphatic rings. The van der Waals surface area contributed by atoms with Crippen LogP contribution in [0.15, 0.2) is 144 Å². The van der Waals surface area contributed by atoms with Gasteiger partial charge in [0.25, 0.3) is 0 Å². The molecule has 0 atom stereocenters. The second-order valence-corrected chi connectivity index (χ2v) is 19.9. The van der Waals surface area contributed by atoms with E-state index < -0.39 is 0 Å². The normalized spacial score (nSPS) is 15.0. The van der Waals surface area contributed by atoms with Crippen LogP contribution in [0.3, 0.4) is 0 Å². The Morgan fingerprint density at radius 3 is 1.59 bits per heavy atom. The largest absolute Gasteiger partial charge is 0.454 e. The van der Waals surface area contributed by atoms with Crippen molar-refractivity contribution in [2.24, 2.45) is 0 Å². The van der Waals surface area contributed by atoms with Crippen molar-refractivity contribution in [2.75, 3.05) is 4.90 Å². The Morgan fingerprint density at radius 2 is 0.948 bits per heavy atom. The number of nitrogens with zero attached hydrogens (tertiary/aromatic N) is 1. The summed E-state index contributed by atoms with van der Waals surface area (Å²) in [6.45, 7) is 23.3. The van der Waals surface area contributed by atoms with Crippen LogP contribution >= 0.6 is 0 Å². The maximum atomic E-state index is 7.02. The average molecular weight is 756 g/mol. The van der Waals surface area contributed by atoms with E-state index in [-0.39, 0.29) is 21.7 Å². The average Bonchev–Trinajstić information content (AvgIpc) is 3.78. The third-order valence-electron chi connectivity index (χ3n) is 13.4. The first kappa shape index (κ1) is 36.5. The Hall–Kier alpha value is -5.86. The van der Waals surface area contributed by atoms with E-state index in [4.69, 9.17) is 4.42 Å². The van der Waals surface area contributed by atoms with E-state index in [0.29, 0.717) is 0 Å². The SMILES string of the molecule is CC(C)(C)c1ccc(-c2ccc(N(c3ccc4c(c3)C(C)(C)c3ccccc3-4)c3ccc4c(c3)C(C)(C)c3cc(C(C)(C)C)ccc3-4)c3oc4ccccc4c23)cc1. The molecule has 2 heteroatoms. The fourth-order valence-electron chi connectivity index (χ4n) is 9.97. The van der Waals surface area contributed by atoms with Crippen molar-refractivity contribution in [1.29, 1.82) is 0 Å². The summed E-state index contributed by atoms with van der Waals surface area (Å²) in [5.74, 6) is 0. The van der Waals surface area contributed by atoms with E-state index in [0.717, 1.165) is 39.0 Å². The van der Waals surface area contributed by atoms with Crippen LogP contribution in [0.2, 0.25) is 0 Å². The van der Waals surface area contributed by atoms with Crippen molar-refractivity contribution in [2.45, 2.75) is 90.9 Å². The molecule has 0 unspecified atom stereocenters. The molecule has 1 aromatic heterocycles. The quantitative estimate of drug-likeness (QED) is 0.178. The van der Waals surface area contributed by atoms with E-state index in [1.165, 1.54) is 66.8 Å². The number of para-hydroxylation sites is 1. The lowest BCUT2D eigenvalue weighted by Crippen LogP contribution is -2.19. The topological polar surface area (TPSA) is 16.4 Å². The summed E-state index contributed by atoms with van der Waals surface area (Å²) in [6, 6.07) is 52.5. The summed E-state index contributed by atoms with van der Waals surface area (Å²) >= 11 is 0. The molecule has 10 rings (SSSR count). The van der Waals surface area contributed by atoms with E-state index >= 15 is 0 Å². The molecule has 0 N–H and O–H groups in total. The number of benzene rings is 7. The molecule has 0 fully saturated rings. The van der Waals surface area contributed by atoms with E-state index in [9.17, 15) is 0 Å². The Bertz CT molecular complexity index is 2960. The van der Waals surface area contributed by atoms with Crippen molar-refractivity contribution in [3.8, 4) is 33.4 Å². The van der Waals surface area contributed by atoms with Gasteiger partial charge in [0.05, 0.1) is 5.69 Å². The van der Waals surface area contributed by atoms with Crippen molar-refractivity contribution in [1.82, 2.24) is 0 Å². The number of rotatable bonds is 4. The van der Waals surface area contributed by atoms with Crippen LogP contribution in [-0.2, 0) is 21.7 Å². The third kappa shape index (κ3) is 5.37. The van der Waals surface area contributed by atoms with Gasteiger partial charge < -0.3 is 9.32 Å². The minimum Gasteiger partial charge on any atom is -0.454 e. The van der Waals surface area contributed by atoms with Crippen molar-refractivity contribution in [3.05, 3.63) is 173 Å². The molecule has 2 aliphatic carbocycles. The molecule has 8 aromatic rings. The standard InChI is InChI=1S/C56H53NO/c1-53(2,3)35-21-19-34(20-22-35)39-29-30-49(52-51(39)44-16-12-14-18-50(44)58-52)57(37-24-27-42-40-15-11-13-17-45(40)55(7,8)47(42)32-37)38-25-28-43-41-26-23-36(54(4,5)6)31-46(41)56(9,10)48(43)33-38/h11-33H,1-10H3. The van der Waals surface area contributed by atoms with Crippen LogP contribution in [0.4, 0.5) is 17.1 Å². The molecule has 0 bridgehead atoms. The van der Waals surface area contributed by atoms with Gasteiger partial charge in [-0.3, -0.25) is 0 Å². The van der Waals surface area contributed by atoms with Crippen LogP contribution < -0.4 is 4.90 Å². The zero-order valence-corrected chi connectivity index (χ0v) is 35.6. The first-order chi connectivity index (χ1) is 27.5. The van der Waals surface area contributed by atoms with Crippen LogP contribution in [0.25, 0.3) is 55.3 Å². The fourth-order valence-corrected chi connectivity index (χ4v) is 9.97. The Kier molecular flexibility index (Phi) is 7.75. The molecule has 0 spiro atoms. The minimum atomic E-state index is -0.174. The predicted octanol–water partition coefficient (Wildman–Crippen LogP) is 15.9. The smallest absolute Gasteiger partial charge is 0.160 e. The highest BCUT2D eigenvalue weighted by atomic mass is 16.3. The Morgan fingerprint density at radius 1 is 0.448 bits per heavy atom. The molecular formula is C56H53NO. The van der Waals surface area contributed by atoms with E-state index in [2.05, 4.69) is 214 Å². The monoisotopic (exact) mass is 755 g/mol. The zero-order valence-electron chi connectivity index (χ0n) is 35.6. The maximum absolute atomic E-state index is 7.02. The lowest BCUT2D eigenvalue weighted by molar-refractivity contribution is 0.584. The number of anilines is 3. The highest BCUT2D eigenvalue weighted by Crippen LogP contribution is 2.55. The van der Waals surface area contributed by atoms with Gasteiger partial charge in [-0.15, -0.1) is 0 Å². The van der Waals surface area contributed by atoms with Crippen LogP contribution in [0, 0.1) is 0 Å². The van der Waals surface area contributed by atoms with Crippen molar-refractivity contribution in [3.63, 3.8) is 0 Å². The second-order valence-electron chi connectivity index (χ2n) is 19.9. The molecule has 0 amide bonds. The van der Waals surface area contributed by atoms with Gasteiger partial charge in [-0.05, 0) is 114 Å². The molecule has 58 heavy (non-hydrogen) atoms. The first-order valence-electron chi connectivity index (χ1n) is 20.9. The summed E-state index contributed by atoms with van der Waals surface area (Å²) < 4.78 is 7.02. The van der Waals surface area contributed by atoms with Crippen LogP contribution in [0.1, 0.15) is 103 Å². The van der Waals surface area contributed by atoms with Crippen LogP contribution in [-0.4, -0.2) is 0 Å². The molecule has 0 saturated heterocycles. The molecule has 288 valence electrons. The van der Waals surface area contributed by atoms with E-state index in [1.807, 2.05) is 0 Å². The number of fused-ring (bicyclic) bond motifs is 9. The number of hydrogen-bond acceptors (Lipinski definition) is 2.